The fourth-order valence-corrected chi connectivity index (χ4v) is 3.93. The standard InChI is InChI=1S/C21H30N2O3/c1-22(2)11-16-10-17(15-24)13-23(12-16)14-20-8-9-21(26-20)18-4-6-19(25-3)7-5-18/h4-9,16-17,24H,10-15H2,1-3H3/t16-,17+/m1/s1. The van der Waals surface area contributed by atoms with Crippen molar-refractivity contribution in [3.05, 3.63) is 42.2 Å². The molecule has 0 amide bonds. The van der Waals surface area contributed by atoms with E-state index in [4.69, 9.17) is 9.15 Å². The highest BCUT2D eigenvalue weighted by atomic mass is 16.5. The molecule has 1 aliphatic rings. The van der Waals surface area contributed by atoms with Gasteiger partial charge in [0.2, 0.25) is 0 Å². The van der Waals surface area contributed by atoms with Gasteiger partial charge in [0.1, 0.15) is 17.3 Å². The molecule has 0 unspecified atom stereocenters. The molecule has 0 aliphatic carbocycles. The first-order valence-corrected chi connectivity index (χ1v) is 9.28. The molecule has 5 heteroatoms. The molecule has 1 saturated heterocycles. The lowest BCUT2D eigenvalue weighted by molar-refractivity contribution is 0.0653. The van der Waals surface area contributed by atoms with Gasteiger partial charge in [-0.2, -0.15) is 0 Å². The SMILES string of the molecule is COc1ccc(-c2ccc(CN3C[C@@H](CN(C)C)C[C@H](CO)C3)o2)cc1. The molecule has 1 N–H and O–H groups in total. The molecule has 1 aromatic heterocycles. The molecule has 0 saturated carbocycles. The first kappa shape index (κ1) is 19.0. The number of aliphatic hydroxyl groups excluding tert-OH is 1. The van der Waals surface area contributed by atoms with Crippen molar-refractivity contribution < 1.29 is 14.3 Å². The molecule has 2 aromatic rings. The molecule has 5 nitrogen and oxygen atoms in total. The van der Waals surface area contributed by atoms with Crippen LogP contribution in [0.1, 0.15) is 12.2 Å². The van der Waals surface area contributed by atoms with Gasteiger partial charge in [-0.3, -0.25) is 4.90 Å². The van der Waals surface area contributed by atoms with Gasteiger partial charge in [-0.05, 0) is 68.8 Å². The number of hydrogen-bond donors (Lipinski definition) is 1. The minimum atomic E-state index is 0.260. The minimum Gasteiger partial charge on any atom is -0.497 e. The summed E-state index contributed by atoms with van der Waals surface area (Å²) in [6, 6.07) is 12.0. The van der Waals surface area contributed by atoms with Crippen molar-refractivity contribution in [1.82, 2.24) is 9.80 Å². The van der Waals surface area contributed by atoms with Crippen molar-refractivity contribution in [3.8, 4) is 17.1 Å². The Morgan fingerprint density at radius 3 is 2.50 bits per heavy atom. The van der Waals surface area contributed by atoms with Gasteiger partial charge in [-0.25, -0.2) is 0 Å². The second-order valence-electron chi connectivity index (χ2n) is 7.60. The van der Waals surface area contributed by atoms with Crippen LogP contribution in [0.5, 0.6) is 5.75 Å². The molecule has 1 fully saturated rings. The van der Waals surface area contributed by atoms with Crippen LogP contribution in [-0.2, 0) is 6.54 Å². The number of nitrogens with zero attached hydrogens (tertiary/aromatic N) is 2. The fraction of sp³-hybridized carbons (Fsp3) is 0.524. The Morgan fingerprint density at radius 2 is 1.85 bits per heavy atom. The average Bonchev–Trinajstić information content (AvgIpc) is 3.09. The second kappa shape index (κ2) is 8.71. The Bertz CT molecular complexity index is 681. The van der Waals surface area contributed by atoms with E-state index < -0.39 is 0 Å². The Morgan fingerprint density at radius 1 is 1.12 bits per heavy atom. The number of aliphatic hydroxyl groups is 1. The average molecular weight is 358 g/mol. The first-order valence-electron chi connectivity index (χ1n) is 9.28. The van der Waals surface area contributed by atoms with E-state index in [1.807, 2.05) is 30.3 Å². The van der Waals surface area contributed by atoms with Crippen molar-refractivity contribution >= 4 is 0 Å². The number of rotatable bonds is 7. The highest BCUT2D eigenvalue weighted by Crippen LogP contribution is 2.27. The quantitative estimate of drug-likeness (QED) is 0.825. The topological polar surface area (TPSA) is 49.1 Å². The Hall–Kier alpha value is -1.82. The maximum atomic E-state index is 9.65. The van der Waals surface area contributed by atoms with Crippen LogP contribution in [0, 0.1) is 11.8 Å². The largest absolute Gasteiger partial charge is 0.497 e. The van der Waals surface area contributed by atoms with Gasteiger partial charge in [-0.1, -0.05) is 0 Å². The number of likely N-dealkylation sites (tertiary alicyclic amines) is 1. The van der Waals surface area contributed by atoms with E-state index in [0.29, 0.717) is 11.8 Å². The van der Waals surface area contributed by atoms with Gasteiger partial charge in [0.25, 0.3) is 0 Å². The van der Waals surface area contributed by atoms with Crippen LogP contribution in [0.3, 0.4) is 0 Å². The molecule has 0 radical (unpaired) electrons. The lowest BCUT2D eigenvalue weighted by atomic mass is 9.89. The molecule has 1 aliphatic heterocycles. The normalized spacial score (nSPS) is 21.3. The zero-order chi connectivity index (χ0) is 18.5. The lowest BCUT2D eigenvalue weighted by Crippen LogP contribution is -2.44. The number of benzene rings is 1. The molecular formula is C21H30N2O3. The summed E-state index contributed by atoms with van der Waals surface area (Å²) in [7, 11) is 5.89. The predicted molar refractivity (Wildman–Crippen MR) is 103 cm³/mol. The zero-order valence-electron chi connectivity index (χ0n) is 16.0. The van der Waals surface area contributed by atoms with Gasteiger partial charge in [0, 0.05) is 31.8 Å². The predicted octanol–water partition coefficient (Wildman–Crippen LogP) is 2.95. The minimum absolute atomic E-state index is 0.260. The molecule has 2 atom stereocenters. The summed E-state index contributed by atoms with van der Waals surface area (Å²) in [6.45, 7) is 4.08. The van der Waals surface area contributed by atoms with E-state index in [0.717, 1.165) is 55.4 Å². The summed E-state index contributed by atoms with van der Waals surface area (Å²) >= 11 is 0. The summed E-state index contributed by atoms with van der Waals surface area (Å²) in [4.78, 5) is 4.65. The van der Waals surface area contributed by atoms with Crippen molar-refractivity contribution in [2.45, 2.75) is 13.0 Å². The maximum Gasteiger partial charge on any atom is 0.134 e. The molecule has 0 bridgehead atoms. The number of piperidine rings is 1. The summed E-state index contributed by atoms with van der Waals surface area (Å²) in [6.07, 6.45) is 1.10. The van der Waals surface area contributed by atoms with Crippen LogP contribution in [0.15, 0.2) is 40.8 Å². The summed E-state index contributed by atoms with van der Waals surface area (Å²) < 4.78 is 11.3. The second-order valence-corrected chi connectivity index (χ2v) is 7.60. The lowest BCUT2D eigenvalue weighted by Gasteiger charge is -2.37. The summed E-state index contributed by atoms with van der Waals surface area (Å²) in [5.41, 5.74) is 1.05. The van der Waals surface area contributed by atoms with Crippen LogP contribution in [-0.4, -0.2) is 62.4 Å². The van der Waals surface area contributed by atoms with Crippen molar-refractivity contribution in [1.29, 1.82) is 0 Å². The fourth-order valence-electron chi connectivity index (χ4n) is 3.93. The molecule has 1 aromatic carbocycles. The van der Waals surface area contributed by atoms with E-state index in [1.54, 1.807) is 7.11 Å². The molecule has 2 heterocycles. The summed E-state index contributed by atoms with van der Waals surface area (Å²) in [5.74, 6) is 3.63. The van der Waals surface area contributed by atoms with Crippen molar-refractivity contribution in [2.75, 3.05) is 47.4 Å². The van der Waals surface area contributed by atoms with Gasteiger partial charge >= 0.3 is 0 Å². The Balaban J connectivity index is 1.65. The van der Waals surface area contributed by atoms with Crippen LogP contribution in [0.4, 0.5) is 0 Å². The van der Waals surface area contributed by atoms with E-state index >= 15 is 0 Å². The molecular weight excluding hydrogens is 328 g/mol. The van der Waals surface area contributed by atoms with E-state index in [9.17, 15) is 5.11 Å². The van der Waals surface area contributed by atoms with E-state index in [2.05, 4.69) is 30.0 Å². The molecule has 26 heavy (non-hydrogen) atoms. The third-order valence-corrected chi connectivity index (χ3v) is 5.00. The van der Waals surface area contributed by atoms with Crippen LogP contribution >= 0.6 is 0 Å². The van der Waals surface area contributed by atoms with Crippen LogP contribution in [0.2, 0.25) is 0 Å². The van der Waals surface area contributed by atoms with Crippen molar-refractivity contribution in [2.24, 2.45) is 11.8 Å². The highest BCUT2D eigenvalue weighted by molar-refractivity contribution is 5.58. The van der Waals surface area contributed by atoms with E-state index in [-0.39, 0.29) is 6.61 Å². The molecule has 3 rings (SSSR count). The third-order valence-electron chi connectivity index (χ3n) is 5.00. The Kier molecular flexibility index (Phi) is 6.35. The van der Waals surface area contributed by atoms with E-state index in [1.165, 1.54) is 0 Å². The number of methoxy groups -OCH3 is 1. The van der Waals surface area contributed by atoms with Gasteiger partial charge < -0.3 is 19.2 Å². The van der Waals surface area contributed by atoms with Crippen LogP contribution < -0.4 is 4.74 Å². The van der Waals surface area contributed by atoms with Crippen LogP contribution in [0.25, 0.3) is 11.3 Å². The smallest absolute Gasteiger partial charge is 0.134 e. The third kappa shape index (κ3) is 4.87. The monoisotopic (exact) mass is 358 g/mol. The van der Waals surface area contributed by atoms with Gasteiger partial charge in [0.15, 0.2) is 0 Å². The molecule has 142 valence electrons. The number of furan rings is 1. The van der Waals surface area contributed by atoms with Gasteiger partial charge in [-0.15, -0.1) is 0 Å². The van der Waals surface area contributed by atoms with Gasteiger partial charge in [0.05, 0.1) is 13.7 Å². The zero-order valence-corrected chi connectivity index (χ0v) is 16.0. The Labute approximate surface area is 156 Å². The molecule has 0 spiro atoms. The maximum absolute atomic E-state index is 9.65. The number of ether oxygens (including phenoxy) is 1. The van der Waals surface area contributed by atoms with Crippen molar-refractivity contribution in [3.63, 3.8) is 0 Å². The highest BCUT2D eigenvalue weighted by Gasteiger charge is 2.27. The summed E-state index contributed by atoms with van der Waals surface area (Å²) in [5, 5.41) is 9.65. The number of hydrogen-bond acceptors (Lipinski definition) is 5. The first-order chi connectivity index (χ1) is 12.6.